The minimum Gasteiger partial charge on any atom is -0.334 e. The van der Waals surface area contributed by atoms with Gasteiger partial charge in [-0.1, -0.05) is 48.8 Å². The Morgan fingerprint density at radius 2 is 1.88 bits per heavy atom. The van der Waals surface area contributed by atoms with E-state index in [1.807, 2.05) is 28.7 Å². The van der Waals surface area contributed by atoms with Crippen molar-refractivity contribution in [2.45, 2.75) is 43.6 Å². The highest BCUT2D eigenvalue weighted by Gasteiger charge is 2.18. The number of para-hydroxylation sites is 1. The van der Waals surface area contributed by atoms with Gasteiger partial charge in [0.25, 0.3) is 11.4 Å². The highest BCUT2D eigenvalue weighted by atomic mass is 32.2. The number of unbranched alkanes of at least 4 members (excludes halogenated alkanes) is 2. The van der Waals surface area contributed by atoms with E-state index in [2.05, 4.69) is 27.3 Å². The number of nitrogens with zero attached hydrogens (tertiary/aromatic N) is 6. The van der Waals surface area contributed by atoms with Gasteiger partial charge < -0.3 is 4.52 Å². The Kier molecular flexibility index (Phi) is 5.91. The van der Waals surface area contributed by atoms with Gasteiger partial charge in [0.1, 0.15) is 5.82 Å². The van der Waals surface area contributed by atoms with E-state index in [0.717, 1.165) is 24.8 Å². The number of halogens is 1. The molecule has 0 aliphatic carbocycles. The van der Waals surface area contributed by atoms with Crippen LogP contribution in [0.15, 0.2) is 63.0 Å². The van der Waals surface area contributed by atoms with Crippen LogP contribution < -0.4 is 5.56 Å². The Hall–Kier alpha value is -3.53. The summed E-state index contributed by atoms with van der Waals surface area (Å²) in [6.45, 7) is 2.72. The predicted molar refractivity (Wildman–Crippen MR) is 124 cm³/mol. The highest BCUT2D eigenvalue weighted by Crippen LogP contribution is 2.25. The number of aromatic nitrogens is 6. The van der Waals surface area contributed by atoms with Crippen LogP contribution >= 0.6 is 11.8 Å². The number of hydrogen-bond donors (Lipinski definition) is 0. The van der Waals surface area contributed by atoms with Gasteiger partial charge in [-0.05, 0) is 42.8 Å². The summed E-state index contributed by atoms with van der Waals surface area (Å²) in [5, 5.41) is 14.0. The highest BCUT2D eigenvalue weighted by molar-refractivity contribution is 7.98. The van der Waals surface area contributed by atoms with Gasteiger partial charge in [-0.2, -0.15) is 4.98 Å². The summed E-state index contributed by atoms with van der Waals surface area (Å²) >= 11 is 1.41. The van der Waals surface area contributed by atoms with Gasteiger partial charge in [0.15, 0.2) is 11.0 Å². The average Bonchev–Trinajstić information content (AvgIpc) is 3.48. The molecule has 0 N–H and O–H groups in total. The fraction of sp³-hybridized carbons (Fsp3) is 0.261. The van der Waals surface area contributed by atoms with Crippen LogP contribution in [-0.4, -0.2) is 29.3 Å². The SMILES string of the molecule is CCCCCn1c(=O)c2ccccc2n2c(SCc3noc(-c4ccc(F)cc4)n3)nnc12. The summed E-state index contributed by atoms with van der Waals surface area (Å²) < 4.78 is 22.1. The maximum atomic E-state index is 13.2. The summed E-state index contributed by atoms with van der Waals surface area (Å²) in [5.41, 5.74) is 1.35. The lowest BCUT2D eigenvalue weighted by atomic mass is 10.2. The maximum Gasteiger partial charge on any atom is 0.262 e. The zero-order valence-corrected chi connectivity index (χ0v) is 18.8. The fourth-order valence-electron chi connectivity index (χ4n) is 3.70. The molecule has 0 aliphatic rings. The summed E-state index contributed by atoms with van der Waals surface area (Å²) in [7, 11) is 0. The van der Waals surface area contributed by atoms with Crippen molar-refractivity contribution in [3.63, 3.8) is 0 Å². The topological polar surface area (TPSA) is 91.1 Å². The first-order valence-electron chi connectivity index (χ1n) is 10.7. The lowest BCUT2D eigenvalue weighted by Gasteiger charge is -2.10. The van der Waals surface area contributed by atoms with E-state index in [4.69, 9.17) is 4.52 Å². The molecular weight excluding hydrogens is 443 g/mol. The second kappa shape index (κ2) is 9.14. The molecule has 10 heteroatoms. The molecule has 0 bridgehead atoms. The second-order valence-corrected chi connectivity index (χ2v) is 8.55. The van der Waals surface area contributed by atoms with E-state index in [9.17, 15) is 9.18 Å². The number of fused-ring (bicyclic) bond motifs is 3. The van der Waals surface area contributed by atoms with Gasteiger partial charge >= 0.3 is 0 Å². The Morgan fingerprint density at radius 1 is 1.06 bits per heavy atom. The molecule has 33 heavy (non-hydrogen) atoms. The number of rotatable bonds is 8. The molecule has 0 spiro atoms. The maximum absolute atomic E-state index is 13.2. The zero-order chi connectivity index (χ0) is 22.8. The van der Waals surface area contributed by atoms with Crippen LogP contribution in [0.1, 0.15) is 32.0 Å². The van der Waals surface area contributed by atoms with Crippen LogP contribution in [0.4, 0.5) is 4.39 Å². The van der Waals surface area contributed by atoms with E-state index >= 15 is 0 Å². The van der Waals surface area contributed by atoms with Crippen LogP contribution in [0.5, 0.6) is 0 Å². The summed E-state index contributed by atoms with van der Waals surface area (Å²) in [4.78, 5) is 17.5. The Labute approximate surface area is 192 Å². The van der Waals surface area contributed by atoms with Crippen molar-refractivity contribution in [1.82, 2.24) is 29.3 Å². The van der Waals surface area contributed by atoms with E-state index in [1.165, 1.54) is 23.9 Å². The lowest BCUT2D eigenvalue weighted by Crippen LogP contribution is -2.23. The second-order valence-electron chi connectivity index (χ2n) is 7.61. The summed E-state index contributed by atoms with van der Waals surface area (Å²) in [5.74, 6) is 1.41. The van der Waals surface area contributed by atoms with Crippen LogP contribution in [0.25, 0.3) is 28.1 Å². The van der Waals surface area contributed by atoms with Gasteiger partial charge in [0.05, 0.1) is 16.7 Å². The number of benzene rings is 2. The molecular formula is C23H21FN6O2S. The van der Waals surface area contributed by atoms with Crippen molar-refractivity contribution in [2.24, 2.45) is 0 Å². The Balaban J connectivity index is 1.47. The van der Waals surface area contributed by atoms with Crippen molar-refractivity contribution in [3.05, 3.63) is 70.5 Å². The molecule has 0 radical (unpaired) electrons. The lowest BCUT2D eigenvalue weighted by molar-refractivity contribution is 0.425. The molecule has 5 rings (SSSR count). The number of thioether (sulfide) groups is 1. The van der Waals surface area contributed by atoms with Gasteiger partial charge in [0, 0.05) is 12.1 Å². The van der Waals surface area contributed by atoms with Crippen molar-refractivity contribution in [1.29, 1.82) is 0 Å². The molecule has 0 amide bonds. The van der Waals surface area contributed by atoms with Gasteiger partial charge in [-0.3, -0.25) is 13.8 Å². The van der Waals surface area contributed by atoms with Gasteiger partial charge in [0.2, 0.25) is 5.78 Å². The van der Waals surface area contributed by atoms with Gasteiger partial charge in [-0.15, -0.1) is 10.2 Å². The van der Waals surface area contributed by atoms with E-state index in [0.29, 0.717) is 45.9 Å². The molecule has 0 aliphatic heterocycles. The third kappa shape index (κ3) is 4.13. The van der Waals surface area contributed by atoms with Crippen LogP contribution in [0, 0.1) is 5.82 Å². The van der Waals surface area contributed by atoms with Crippen molar-refractivity contribution in [2.75, 3.05) is 0 Å². The first-order valence-corrected chi connectivity index (χ1v) is 11.7. The fourth-order valence-corrected chi connectivity index (χ4v) is 4.48. The first kappa shape index (κ1) is 21.3. The summed E-state index contributed by atoms with van der Waals surface area (Å²) in [6, 6.07) is 13.4. The normalized spacial score (nSPS) is 11.6. The standard InChI is InChI=1S/C23H21FN6O2S/c1-2-3-6-13-29-21(31)17-7-4-5-8-18(17)30-22(29)26-27-23(30)33-14-19-25-20(32-28-19)15-9-11-16(24)12-10-15/h4-5,7-12H,2-3,6,13-14H2,1H3. The third-order valence-corrected chi connectivity index (χ3v) is 6.28. The molecule has 0 saturated carbocycles. The Bertz CT molecular complexity index is 1470. The molecule has 2 aromatic carbocycles. The quantitative estimate of drug-likeness (QED) is 0.242. The van der Waals surface area contributed by atoms with E-state index in [-0.39, 0.29) is 11.4 Å². The van der Waals surface area contributed by atoms with E-state index in [1.54, 1.807) is 16.7 Å². The molecule has 168 valence electrons. The Morgan fingerprint density at radius 3 is 2.70 bits per heavy atom. The van der Waals surface area contributed by atoms with E-state index < -0.39 is 0 Å². The predicted octanol–water partition coefficient (Wildman–Crippen LogP) is 4.72. The summed E-state index contributed by atoms with van der Waals surface area (Å²) in [6.07, 6.45) is 3.00. The molecule has 8 nitrogen and oxygen atoms in total. The molecule has 5 aromatic rings. The number of hydrogen-bond acceptors (Lipinski definition) is 7. The smallest absolute Gasteiger partial charge is 0.262 e. The average molecular weight is 465 g/mol. The zero-order valence-electron chi connectivity index (χ0n) is 17.9. The van der Waals surface area contributed by atoms with Gasteiger partial charge in [-0.25, -0.2) is 4.39 Å². The van der Waals surface area contributed by atoms with Crippen molar-refractivity contribution < 1.29 is 8.91 Å². The number of aryl methyl sites for hydroxylation is 1. The largest absolute Gasteiger partial charge is 0.334 e. The molecule has 0 saturated heterocycles. The van der Waals surface area contributed by atoms with Crippen molar-refractivity contribution >= 4 is 28.4 Å². The monoisotopic (exact) mass is 464 g/mol. The van der Waals surface area contributed by atoms with Crippen LogP contribution in [0.3, 0.4) is 0 Å². The van der Waals surface area contributed by atoms with Crippen LogP contribution in [0.2, 0.25) is 0 Å². The van der Waals surface area contributed by atoms with Crippen LogP contribution in [-0.2, 0) is 12.3 Å². The minimum absolute atomic E-state index is 0.0553. The van der Waals surface area contributed by atoms with Crippen molar-refractivity contribution in [3.8, 4) is 11.5 Å². The third-order valence-electron chi connectivity index (χ3n) is 5.35. The molecule has 3 heterocycles. The first-order chi connectivity index (χ1) is 16.2. The minimum atomic E-state index is -0.326. The molecule has 3 aromatic heterocycles. The molecule has 0 fully saturated rings. The molecule has 0 unspecified atom stereocenters. The molecule has 0 atom stereocenters.